The fourth-order valence-electron chi connectivity index (χ4n) is 1.67. The largest absolute Gasteiger partial charge is 0.350 e. The van der Waals surface area contributed by atoms with Gasteiger partial charge in [-0.15, -0.1) is 0 Å². The first kappa shape index (κ1) is 15.6. The van der Waals surface area contributed by atoms with Gasteiger partial charge in [0.15, 0.2) is 0 Å². The summed E-state index contributed by atoms with van der Waals surface area (Å²) in [5, 5.41) is 6.89. The smallest absolute Gasteiger partial charge is 0.253 e. The number of pyridine rings is 1. The van der Waals surface area contributed by atoms with E-state index in [9.17, 15) is 4.79 Å². The summed E-state index contributed by atoms with van der Waals surface area (Å²) in [5.41, 5.74) is 1.24. The highest BCUT2D eigenvalue weighted by Gasteiger charge is 2.11. The molecular formula is C15H15Cl2N3O. The summed E-state index contributed by atoms with van der Waals surface area (Å²) in [4.78, 5) is 16.1. The Kier molecular flexibility index (Phi) is 5.04. The van der Waals surface area contributed by atoms with Crippen molar-refractivity contribution in [2.24, 2.45) is 0 Å². The van der Waals surface area contributed by atoms with Crippen LogP contribution in [0.3, 0.4) is 0 Å². The van der Waals surface area contributed by atoms with Crippen molar-refractivity contribution in [2.75, 3.05) is 5.32 Å². The summed E-state index contributed by atoms with van der Waals surface area (Å²) >= 11 is 12.0. The van der Waals surface area contributed by atoms with Crippen molar-refractivity contribution in [1.29, 1.82) is 0 Å². The maximum Gasteiger partial charge on any atom is 0.253 e. The Labute approximate surface area is 133 Å². The molecular weight excluding hydrogens is 309 g/mol. The van der Waals surface area contributed by atoms with E-state index >= 15 is 0 Å². The van der Waals surface area contributed by atoms with Gasteiger partial charge in [-0.25, -0.2) is 4.98 Å². The number of amides is 1. The summed E-state index contributed by atoms with van der Waals surface area (Å²) in [6.45, 7) is 3.78. The number of aromatic nitrogens is 1. The number of carbonyl (C=O) groups is 1. The van der Waals surface area contributed by atoms with Crippen LogP contribution in [-0.2, 0) is 0 Å². The van der Waals surface area contributed by atoms with Crippen molar-refractivity contribution >= 4 is 40.6 Å². The number of rotatable bonds is 4. The molecule has 0 aliphatic carbocycles. The normalized spacial score (nSPS) is 10.5. The predicted molar refractivity (Wildman–Crippen MR) is 86.6 cm³/mol. The molecule has 2 rings (SSSR count). The number of hydrogen-bond acceptors (Lipinski definition) is 3. The fourth-order valence-corrected chi connectivity index (χ4v) is 2.01. The Hall–Kier alpha value is -1.78. The van der Waals surface area contributed by atoms with Crippen LogP contribution in [0.4, 0.5) is 11.5 Å². The molecule has 1 aromatic heterocycles. The van der Waals surface area contributed by atoms with Gasteiger partial charge in [-0.1, -0.05) is 23.2 Å². The zero-order valence-corrected chi connectivity index (χ0v) is 13.2. The van der Waals surface area contributed by atoms with Gasteiger partial charge in [0, 0.05) is 22.9 Å². The SMILES string of the molecule is CC(C)NC(=O)c1cnc(Nc2ccc(Cl)cc2)c(Cl)c1. The van der Waals surface area contributed by atoms with Gasteiger partial charge in [-0.05, 0) is 44.2 Å². The standard InChI is InChI=1S/C15H15Cl2N3O/c1-9(2)19-15(21)10-7-13(17)14(18-8-10)20-12-5-3-11(16)4-6-12/h3-9H,1-2H3,(H,18,20)(H,19,21). The van der Waals surface area contributed by atoms with Crippen LogP contribution in [0, 0.1) is 0 Å². The van der Waals surface area contributed by atoms with Crippen molar-refractivity contribution in [3.05, 3.63) is 52.1 Å². The first-order valence-corrected chi connectivity index (χ1v) is 7.20. The number of hydrogen-bond donors (Lipinski definition) is 2. The molecule has 2 aromatic rings. The number of anilines is 2. The molecule has 0 spiro atoms. The molecule has 4 nitrogen and oxygen atoms in total. The van der Waals surface area contributed by atoms with E-state index in [1.807, 2.05) is 26.0 Å². The average molecular weight is 324 g/mol. The van der Waals surface area contributed by atoms with E-state index in [2.05, 4.69) is 15.6 Å². The van der Waals surface area contributed by atoms with E-state index in [-0.39, 0.29) is 11.9 Å². The molecule has 0 saturated carbocycles. The van der Waals surface area contributed by atoms with E-state index < -0.39 is 0 Å². The van der Waals surface area contributed by atoms with Crippen LogP contribution in [0.15, 0.2) is 36.5 Å². The van der Waals surface area contributed by atoms with Crippen LogP contribution >= 0.6 is 23.2 Å². The number of halogens is 2. The molecule has 1 amide bonds. The Morgan fingerprint density at radius 2 is 1.86 bits per heavy atom. The second-order valence-corrected chi connectivity index (χ2v) is 5.66. The minimum Gasteiger partial charge on any atom is -0.350 e. The van der Waals surface area contributed by atoms with Gasteiger partial charge in [-0.2, -0.15) is 0 Å². The average Bonchev–Trinajstić information content (AvgIpc) is 2.42. The minimum atomic E-state index is -0.197. The molecule has 0 saturated heterocycles. The lowest BCUT2D eigenvalue weighted by atomic mass is 10.2. The lowest BCUT2D eigenvalue weighted by molar-refractivity contribution is 0.0943. The molecule has 2 N–H and O–H groups in total. The van der Waals surface area contributed by atoms with Crippen molar-refractivity contribution in [2.45, 2.75) is 19.9 Å². The van der Waals surface area contributed by atoms with Gasteiger partial charge in [0.05, 0.1) is 10.6 Å². The molecule has 0 bridgehead atoms. The van der Waals surface area contributed by atoms with E-state index in [4.69, 9.17) is 23.2 Å². The highest BCUT2D eigenvalue weighted by Crippen LogP contribution is 2.24. The van der Waals surface area contributed by atoms with Crippen molar-refractivity contribution in [1.82, 2.24) is 10.3 Å². The van der Waals surface area contributed by atoms with Crippen LogP contribution in [-0.4, -0.2) is 16.9 Å². The number of nitrogens with zero attached hydrogens (tertiary/aromatic N) is 1. The molecule has 1 heterocycles. The molecule has 0 radical (unpaired) electrons. The first-order chi connectivity index (χ1) is 9.95. The Bertz CT molecular complexity index is 642. The number of benzene rings is 1. The quantitative estimate of drug-likeness (QED) is 0.883. The zero-order valence-electron chi connectivity index (χ0n) is 11.7. The second-order valence-electron chi connectivity index (χ2n) is 4.81. The molecule has 0 atom stereocenters. The maximum atomic E-state index is 11.9. The molecule has 0 fully saturated rings. The lowest BCUT2D eigenvalue weighted by Crippen LogP contribution is -2.30. The van der Waals surface area contributed by atoms with Crippen LogP contribution in [0.5, 0.6) is 0 Å². The molecule has 1 aromatic carbocycles. The van der Waals surface area contributed by atoms with Crippen LogP contribution in [0.25, 0.3) is 0 Å². The summed E-state index contributed by atoms with van der Waals surface area (Å²) in [5.74, 6) is 0.289. The third-order valence-electron chi connectivity index (χ3n) is 2.63. The summed E-state index contributed by atoms with van der Waals surface area (Å²) in [7, 11) is 0. The Morgan fingerprint density at radius 1 is 1.19 bits per heavy atom. The summed E-state index contributed by atoms with van der Waals surface area (Å²) in [6.07, 6.45) is 1.49. The molecule has 6 heteroatoms. The van der Waals surface area contributed by atoms with Gasteiger partial charge in [0.1, 0.15) is 5.82 Å². The highest BCUT2D eigenvalue weighted by atomic mass is 35.5. The lowest BCUT2D eigenvalue weighted by Gasteiger charge is -2.11. The molecule has 0 aliphatic heterocycles. The third-order valence-corrected chi connectivity index (χ3v) is 3.17. The number of carbonyl (C=O) groups excluding carboxylic acids is 1. The predicted octanol–water partition coefficient (Wildman–Crippen LogP) is 4.27. The monoisotopic (exact) mass is 323 g/mol. The van der Waals surface area contributed by atoms with Crippen LogP contribution in [0.2, 0.25) is 10.0 Å². The van der Waals surface area contributed by atoms with E-state index in [0.717, 1.165) is 5.69 Å². The van der Waals surface area contributed by atoms with E-state index in [0.29, 0.717) is 21.4 Å². The van der Waals surface area contributed by atoms with Gasteiger partial charge in [-0.3, -0.25) is 4.79 Å². The zero-order chi connectivity index (χ0) is 15.4. The maximum absolute atomic E-state index is 11.9. The van der Waals surface area contributed by atoms with Crippen LogP contribution in [0.1, 0.15) is 24.2 Å². The summed E-state index contributed by atoms with van der Waals surface area (Å²) in [6, 6.07) is 8.82. The number of nitrogens with one attached hydrogen (secondary N) is 2. The van der Waals surface area contributed by atoms with E-state index in [1.54, 1.807) is 18.2 Å². The molecule has 110 valence electrons. The minimum absolute atomic E-state index is 0.0585. The van der Waals surface area contributed by atoms with Gasteiger partial charge >= 0.3 is 0 Å². The Balaban J connectivity index is 2.15. The van der Waals surface area contributed by atoms with Crippen molar-refractivity contribution in [3.63, 3.8) is 0 Å². The van der Waals surface area contributed by atoms with Gasteiger partial charge in [0.25, 0.3) is 5.91 Å². The Morgan fingerprint density at radius 3 is 2.43 bits per heavy atom. The molecule has 0 aliphatic rings. The first-order valence-electron chi connectivity index (χ1n) is 6.44. The topological polar surface area (TPSA) is 54.0 Å². The van der Waals surface area contributed by atoms with Gasteiger partial charge in [0.2, 0.25) is 0 Å². The fraction of sp³-hybridized carbons (Fsp3) is 0.200. The van der Waals surface area contributed by atoms with Crippen molar-refractivity contribution in [3.8, 4) is 0 Å². The molecule has 21 heavy (non-hydrogen) atoms. The second kappa shape index (κ2) is 6.78. The summed E-state index contributed by atoms with van der Waals surface area (Å²) < 4.78 is 0. The third kappa shape index (κ3) is 4.34. The van der Waals surface area contributed by atoms with Gasteiger partial charge < -0.3 is 10.6 Å². The van der Waals surface area contributed by atoms with E-state index in [1.165, 1.54) is 6.20 Å². The highest BCUT2D eigenvalue weighted by molar-refractivity contribution is 6.33. The van der Waals surface area contributed by atoms with Crippen LogP contribution < -0.4 is 10.6 Å². The van der Waals surface area contributed by atoms with Crippen molar-refractivity contribution < 1.29 is 4.79 Å². The molecule has 0 unspecified atom stereocenters.